The number of carbonyl (C=O) groups is 1. The minimum atomic E-state index is -3.64. The summed E-state index contributed by atoms with van der Waals surface area (Å²) in [6.45, 7) is 18.4. The van der Waals surface area contributed by atoms with Crippen LogP contribution in [0.15, 0.2) is 29.2 Å². The molecule has 190 valence electrons. The predicted molar refractivity (Wildman–Crippen MR) is 138 cm³/mol. The largest absolute Gasteiger partial charge is 0.354 e. The Hall–Kier alpha value is -1.44. The van der Waals surface area contributed by atoms with Crippen LogP contribution in [-0.2, 0) is 20.2 Å². The predicted octanol–water partition coefficient (Wildman–Crippen LogP) is 4.79. The lowest BCUT2D eigenvalue weighted by atomic mass is 9.87. The average Bonchev–Trinajstić information content (AvgIpc) is 2.76. The summed E-state index contributed by atoms with van der Waals surface area (Å²) in [5, 5.41) is 3.04. The Morgan fingerprint density at radius 2 is 1.58 bits per heavy atom. The molecule has 1 unspecified atom stereocenters. The number of benzene rings is 1. The highest BCUT2D eigenvalue weighted by Crippen LogP contribution is 2.25. The third kappa shape index (κ3) is 10.1. The first-order valence-corrected chi connectivity index (χ1v) is 14.0. The maximum atomic E-state index is 13.3. The van der Waals surface area contributed by atoms with E-state index in [4.69, 9.17) is 0 Å². The van der Waals surface area contributed by atoms with Crippen LogP contribution in [0.5, 0.6) is 0 Å². The van der Waals surface area contributed by atoms with Crippen molar-refractivity contribution in [1.29, 1.82) is 0 Å². The SMILES string of the molecule is CCCCN(CCC(=O)NC(C)CCCN(CC)CC)S(=O)(=O)c1ccc(C(C)(C)C)cc1. The van der Waals surface area contributed by atoms with E-state index >= 15 is 0 Å². The van der Waals surface area contributed by atoms with Crippen LogP contribution in [0, 0.1) is 0 Å². The summed E-state index contributed by atoms with van der Waals surface area (Å²) in [7, 11) is -3.64. The number of rotatable bonds is 15. The molecule has 1 aromatic carbocycles. The smallest absolute Gasteiger partial charge is 0.243 e. The number of hydrogen-bond acceptors (Lipinski definition) is 4. The molecule has 0 spiro atoms. The summed E-state index contributed by atoms with van der Waals surface area (Å²) in [4.78, 5) is 15.2. The van der Waals surface area contributed by atoms with E-state index in [9.17, 15) is 13.2 Å². The molecular weight excluding hydrogens is 434 g/mol. The molecule has 0 aliphatic heterocycles. The van der Waals surface area contributed by atoms with E-state index in [2.05, 4.69) is 44.8 Å². The van der Waals surface area contributed by atoms with Crippen LogP contribution in [0.25, 0.3) is 0 Å². The molecule has 0 saturated carbocycles. The number of carbonyl (C=O) groups excluding carboxylic acids is 1. The zero-order chi connectivity index (χ0) is 25.1. The lowest BCUT2D eigenvalue weighted by molar-refractivity contribution is -0.121. The van der Waals surface area contributed by atoms with Crippen LogP contribution in [0.4, 0.5) is 0 Å². The quantitative estimate of drug-likeness (QED) is 0.391. The molecule has 1 aromatic rings. The molecule has 6 nitrogen and oxygen atoms in total. The van der Waals surface area contributed by atoms with E-state index in [1.54, 1.807) is 12.1 Å². The maximum Gasteiger partial charge on any atom is 0.243 e. The van der Waals surface area contributed by atoms with Crippen LogP contribution in [-0.4, -0.2) is 62.3 Å². The molecule has 7 heteroatoms. The summed E-state index contributed by atoms with van der Waals surface area (Å²) >= 11 is 0. The van der Waals surface area contributed by atoms with Crippen molar-refractivity contribution in [3.05, 3.63) is 29.8 Å². The van der Waals surface area contributed by atoms with Gasteiger partial charge in [-0.2, -0.15) is 4.31 Å². The zero-order valence-corrected chi connectivity index (χ0v) is 22.8. The fourth-order valence-electron chi connectivity index (χ4n) is 3.77. The molecule has 0 heterocycles. The first-order chi connectivity index (χ1) is 15.4. The number of nitrogens with one attached hydrogen (secondary N) is 1. The molecule has 0 saturated heterocycles. The number of sulfonamides is 1. The van der Waals surface area contributed by atoms with Gasteiger partial charge in [0, 0.05) is 25.6 Å². The van der Waals surface area contributed by atoms with E-state index in [1.165, 1.54) is 4.31 Å². The van der Waals surface area contributed by atoms with E-state index in [-0.39, 0.29) is 35.2 Å². The summed E-state index contributed by atoms with van der Waals surface area (Å²) < 4.78 is 28.0. The molecule has 0 aliphatic carbocycles. The van der Waals surface area contributed by atoms with Gasteiger partial charge in [0.05, 0.1) is 4.90 Å². The third-order valence-corrected chi connectivity index (χ3v) is 8.03. The Morgan fingerprint density at radius 3 is 2.09 bits per heavy atom. The number of hydrogen-bond donors (Lipinski definition) is 1. The molecule has 0 radical (unpaired) electrons. The molecule has 1 amide bonds. The lowest BCUT2D eigenvalue weighted by Gasteiger charge is -2.24. The van der Waals surface area contributed by atoms with Crippen molar-refractivity contribution in [2.75, 3.05) is 32.7 Å². The minimum absolute atomic E-state index is 0.0374. The Labute approximate surface area is 203 Å². The second kappa shape index (κ2) is 14.1. The number of unbranched alkanes of at least 4 members (excludes halogenated alkanes) is 1. The second-order valence-electron chi connectivity index (χ2n) is 9.92. The third-order valence-electron chi connectivity index (χ3n) is 6.12. The normalized spacial score (nSPS) is 13.5. The fourth-order valence-corrected chi connectivity index (χ4v) is 5.25. The van der Waals surface area contributed by atoms with Gasteiger partial charge in [-0.05, 0) is 68.9 Å². The van der Waals surface area contributed by atoms with E-state index in [0.29, 0.717) is 6.54 Å². The molecule has 0 aromatic heterocycles. The number of amides is 1. The van der Waals surface area contributed by atoms with Crippen molar-refractivity contribution in [2.24, 2.45) is 0 Å². The highest BCUT2D eigenvalue weighted by molar-refractivity contribution is 7.89. The van der Waals surface area contributed by atoms with Crippen LogP contribution in [0.2, 0.25) is 0 Å². The van der Waals surface area contributed by atoms with Gasteiger partial charge in [-0.3, -0.25) is 4.79 Å². The van der Waals surface area contributed by atoms with Gasteiger partial charge in [0.15, 0.2) is 0 Å². The van der Waals surface area contributed by atoms with Gasteiger partial charge in [-0.15, -0.1) is 0 Å². The van der Waals surface area contributed by atoms with E-state index < -0.39 is 10.0 Å². The average molecular weight is 482 g/mol. The standard InChI is InChI=1S/C26H47N3O3S/c1-8-11-20-29(33(31,32)24-16-14-23(15-17-24)26(5,6)7)21-18-25(30)27-22(4)13-12-19-28(9-2)10-3/h14-17,22H,8-13,18-21H2,1-7H3,(H,27,30). The Balaban J connectivity index is 2.72. The molecule has 0 bridgehead atoms. The topological polar surface area (TPSA) is 69.7 Å². The van der Waals surface area contributed by atoms with Gasteiger partial charge >= 0.3 is 0 Å². The molecule has 0 fully saturated rings. The molecule has 1 N–H and O–H groups in total. The Kier molecular flexibility index (Phi) is 12.6. The first kappa shape index (κ1) is 29.6. The van der Waals surface area contributed by atoms with Gasteiger partial charge < -0.3 is 10.2 Å². The highest BCUT2D eigenvalue weighted by Gasteiger charge is 2.25. The second-order valence-corrected chi connectivity index (χ2v) is 11.9. The van der Waals surface area contributed by atoms with Gasteiger partial charge in [0.2, 0.25) is 15.9 Å². The minimum Gasteiger partial charge on any atom is -0.354 e. The van der Waals surface area contributed by atoms with Gasteiger partial charge in [-0.25, -0.2) is 8.42 Å². The van der Waals surface area contributed by atoms with Crippen molar-refractivity contribution >= 4 is 15.9 Å². The first-order valence-electron chi connectivity index (χ1n) is 12.6. The maximum absolute atomic E-state index is 13.3. The van der Waals surface area contributed by atoms with Crippen molar-refractivity contribution in [3.8, 4) is 0 Å². The highest BCUT2D eigenvalue weighted by atomic mass is 32.2. The van der Waals surface area contributed by atoms with Crippen LogP contribution in [0.1, 0.15) is 86.1 Å². The van der Waals surface area contributed by atoms with Gasteiger partial charge in [0.1, 0.15) is 0 Å². The Bertz CT molecular complexity index is 797. The van der Waals surface area contributed by atoms with Crippen molar-refractivity contribution < 1.29 is 13.2 Å². The molecule has 0 aliphatic rings. The fraction of sp³-hybridized carbons (Fsp3) is 0.731. The van der Waals surface area contributed by atoms with Gasteiger partial charge in [0.25, 0.3) is 0 Å². The van der Waals surface area contributed by atoms with Crippen molar-refractivity contribution in [1.82, 2.24) is 14.5 Å². The summed E-state index contributed by atoms with van der Waals surface area (Å²) in [6, 6.07) is 7.23. The lowest BCUT2D eigenvalue weighted by Crippen LogP contribution is -2.38. The summed E-state index contributed by atoms with van der Waals surface area (Å²) in [5.41, 5.74) is 1.06. The summed E-state index contributed by atoms with van der Waals surface area (Å²) in [6.07, 6.45) is 3.78. The Morgan fingerprint density at radius 1 is 0.970 bits per heavy atom. The van der Waals surface area contributed by atoms with Crippen LogP contribution < -0.4 is 5.32 Å². The molecule has 1 rings (SSSR count). The van der Waals surface area contributed by atoms with Crippen molar-refractivity contribution in [3.63, 3.8) is 0 Å². The molecule has 33 heavy (non-hydrogen) atoms. The van der Waals surface area contributed by atoms with Crippen LogP contribution in [0.3, 0.4) is 0 Å². The number of nitrogens with zero attached hydrogens (tertiary/aromatic N) is 2. The zero-order valence-electron chi connectivity index (χ0n) is 22.0. The van der Waals surface area contributed by atoms with Crippen molar-refractivity contribution in [2.45, 2.75) is 96.9 Å². The molecular formula is C26H47N3O3S. The van der Waals surface area contributed by atoms with Gasteiger partial charge in [-0.1, -0.05) is 60.1 Å². The summed E-state index contributed by atoms with van der Waals surface area (Å²) in [5.74, 6) is -0.0925. The van der Waals surface area contributed by atoms with Crippen LogP contribution >= 0.6 is 0 Å². The van der Waals surface area contributed by atoms with E-state index in [0.717, 1.165) is 50.9 Å². The van der Waals surface area contributed by atoms with E-state index in [1.807, 2.05) is 26.0 Å². The monoisotopic (exact) mass is 481 g/mol. The molecule has 1 atom stereocenters.